The van der Waals surface area contributed by atoms with Crippen LogP contribution in [0.15, 0.2) is 0 Å². The molecule has 0 radical (unpaired) electrons. The zero-order valence-corrected chi connectivity index (χ0v) is 9.04. The van der Waals surface area contributed by atoms with Crippen molar-refractivity contribution >= 4 is 0 Å². The van der Waals surface area contributed by atoms with E-state index in [2.05, 4.69) is 0 Å². The quantitative estimate of drug-likeness (QED) is 0.472. The topological polar surface area (TPSA) is 75.7 Å². The van der Waals surface area contributed by atoms with Crippen molar-refractivity contribution < 1.29 is 14.9 Å². The molecule has 0 aromatic rings. The van der Waals surface area contributed by atoms with Crippen molar-refractivity contribution in [2.24, 2.45) is 5.73 Å². The van der Waals surface area contributed by atoms with Gasteiger partial charge in [0.2, 0.25) is 0 Å². The highest BCUT2D eigenvalue weighted by atomic mass is 16.5. The number of hydrogen-bond acceptors (Lipinski definition) is 4. The van der Waals surface area contributed by atoms with E-state index in [1.807, 2.05) is 6.92 Å². The van der Waals surface area contributed by atoms with Crippen LogP contribution in [0.3, 0.4) is 0 Å². The summed E-state index contributed by atoms with van der Waals surface area (Å²) in [6.07, 6.45) is 3.07. The average Bonchev–Trinajstić information content (AvgIpc) is 2.11. The SMILES string of the molecule is CC(N)(CCO)CCCOCCCO. The summed E-state index contributed by atoms with van der Waals surface area (Å²) in [6, 6.07) is 0. The van der Waals surface area contributed by atoms with Crippen LogP contribution in [0.5, 0.6) is 0 Å². The van der Waals surface area contributed by atoms with Crippen molar-refractivity contribution in [3.05, 3.63) is 0 Å². The molecule has 0 saturated carbocycles. The minimum Gasteiger partial charge on any atom is -0.396 e. The van der Waals surface area contributed by atoms with E-state index < -0.39 is 0 Å². The van der Waals surface area contributed by atoms with Crippen LogP contribution >= 0.6 is 0 Å². The van der Waals surface area contributed by atoms with Crippen molar-refractivity contribution in [3.8, 4) is 0 Å². The summed E-state index contributed by atoms with van der Waals surface area (Å²) in [5, 5.41) is 17.2. The molecule has 86 valence electrons. The Morgan fingerprint density at radius 3 is 2.29 bits per heavy atom. The zero-order chi connectivity index (χ0) is 10.9. The van der Waals surface area contributed by atoms with Crippen molar-refractivity contribution in [1.82, 2.24) is 0 Å². The Hall–Kier alpha value is -0.160. The van der Waals surface area contributed by atoms with Crippen LogP contribution in [0.2, 0.25) is 0 Å². The van der Waals surface area contributed by atoms with E-state index in [1.54, 1.807) is 0 Å². The van der Waals surface area contributed by atoms with Gasteiger partial charge in [-0.15, -0.1) is 0 Å². The maximum Gasteiger partial charge on any atom is 0.0487 e. The molecule has 0 aliphatic rings. The minimum absolute atomic E-state index is 0.137. The van der Waals surface area contributed by atoms with Crippen LogP contribution in [0.4, 0.5) is 0 Å². The van der Waals surface area contributed by atoms with E-state index in [0.717, 1.165) is 12.8 Å². The second kappa shape index (κ2) is 8.17. The Bertz CT molecular complexity index is 129. The zero-order valence-electron chi connectivity index (χ0n) is 9.04. The fourth-order valence-corrected chi connectivity index (χ4v) is 1.23. The molecule has 0 spiro atoms. The van der Waals surface area contributed by atoms with E-state index in [1.165, 1.54) is 0 Å². The van der Waals surface area contributed by atoms with Gasteiger partial charge in [-0.05, 0) is 32.6 Å². The van der Waals surface area contributed by atoms with Crippen LogP contribution in [0, 0.1) is 0 Å². The largest absolute Gasteiger partial charge is 0.396 e. The van der Waals surface area contributed by atoms with Gasteiger partial charge in [-0.1, -0.05) is 0 Å². The van der Waals surface area contributed by atoms with E-state index in [0.29, 0.717) is 26.1 Å². The molecule has 0 aliphatic heterocycles. The van der Waals surface area contributed by atoms with E-state index >= 15 is 0 Å². The van der Waals surface area contributed by atoms with Crippen LogP contribution in [0.25, 0.3) is 0 Å². The van der Waals surface area contributed by atoms with Crippen LogP contribution in [-0.4, -0.2) is 42.2 Å². The summed E-state index contributed by atoms with van der Waals surface area (Å²) in [4.78, 5) is 0. The Morgan fingerprint density at radius 2 is 1.71 bits per heavy atom. The smallest absolute Gasteiger partial charge is 0.0487 e. The van der Waals surface area contributed by atoms with Gasteiger partial charge in [-0.2, -0.15) is 0 Å². The standard InChI is InChI=1S/C10H23NO3/c1-10(11,5-7-13)4-2-8-14-9-3-6-12/h12-13H,2-9,11H2,1H3. The van der Waals surface area contributed by atoms with Crippen LogP contribution in [0.1, 0.15) is 32.6 Å². The molecule has 0 heterocycles. The molecule has 0 fully saturated rings. The summed E-state index contributed by atoms with van der Waals surface area (Å²) >= 11 is 0. The molecule has 4 nitrogen and oxygen atoms in total. The number of nitrogens with two attached hydrogens (primary N) is 1. The molecular weight excluding hydrogens is 182 g/mol. The number of aliphatic hydroxyl groups is 2. The predicted octanol–water partition coefficient (Wildman–Crippen LogP) is 0.265. The Kier molecular flexibility index (Phi) is 8.08. The lowest BCUT2D eigenvalue weighted by Crippen LogP contribution is -2.37. The van der Waals surface area contributed by atoms with Gasteiger partial charge in [0, 0.05) is 32.0 Å². The Labute approximate surface area is 86.1 Å². The molecule has 0 aliphatic carbocycles. The first-order chi connectivity index (χ1) is 6.62. The summed E-state index contributed by atoms with van der Waals surface area (Å²) < 4.78 is 5.27. The Balaban J connectivity index is 3.26. The molecule has 0 aromatic carbocycles. The van der Waals surface area contributed by atoms with Crippen LogP contribution < -0.4 is 5.73 Å². The summed E-state index contributed by atoms with van der Waals surface area (Å²) in [5.41, 5.74) is 5.63. The lowest BCUT2D eigenvalue weighted by molar-refractivity contribution is 0.107. The molecule has 1 unspecified atom stereocenters. The van der Waals surface area contributed by atoms with Gasteiger partial charge >= 0.3 is 0 Å². The third kappa shape index (κ3) is 8.44. The molecule has 0 bridgehead atoms. The van der Waals surface area contributed by atoms with E-state index in [-0.39, 0.29) is 18.8 Å². The summed E-state index contributed by atoms with van der Waals surface area (Å²) in [7, 11) is 0. The highest BCUT2D eigenvalue weighted by molar-refractivity contribution is 4.77. The van der Waals surface area contributed by atoms with Gasteiger partial charge in [0.15, 0.2) is 0 Å². The third-order valence-electron chi connectivity index (χ3n) is 2.17. The normalized spacial score (nSPS) is 15.4. The molecule has 1 atom stereocenters. The van der Waals surface area contributed by atoms with Gasteiger partial charge < -0.3 is 20.7 Å². The second-order valence-corrected chi connectivity index (χ2v) is 3.92. The highest BCUT2D eigenvalue weighted by Crippen LogP contribution is 2.12. The second-order valence-electron chi connectivity index (χ2n) is 3.92. The first kappa shape index (κ1) is 13.8. The molecule has 0 amide bonds. The van der Waals surface area contributed by atoms with Gasteiger partial charge in [-0.3, -0.25) is 0 Å². The third-order valence-corrected chi connectivity index (χ3v) is 2.17. The molecular formula is C10H23NO3. The average molecular weight is 205 g/mol. The maximum absolute atomic E-state index is 8.74. The molecule has 0 aromatic heterocycles. The highest BCUT2D eigenvalue weighted by Gasteiger charge is 2.16. The number of ether oxygens (including phenoxy) is 1. The molecule has 4 heteroatoms. The number of aliphatic hydroxyl groups excluding tert-OH is 2. The van der Waals surface area contributed by atoms with Crippen molar-refractivity contribution in [2.45, 2.75) is 38.1 Å². The molecule has 14 heavy (non-hydrogen) atoms. The summed E-state index contributed by atoms with van der Waals surface area (Å²) in [6.45, 7) is 3.55. The Morgan fingerprint density at radius 1 is 1.07 bits per heavy atom. The van der Waals surface area contributed by atoms with Crippen molar-refractivity contribution in [2.75, 3.05) is 26.4 Å². The number of rotatable bonds is 9. The summed E-state index contributed by atoms with van der Waals surface area (Å²) in [5.74, 6) is 0. The molecule has 0 saturated heterocycles. The molecule has 0 rings (SSSR count). The number of hydrogen-bond donors (Lipinski definition) is 3. The van der Waals surface area contributed by atoms with Gasteiger partial charge in [0.05, 0.1) is 0 Å². The first-order valence-electron chi connectivity index (χ1n) is 5.21. The van der Waals surface area contributed by atoms with Crippen molar-refractivity contribution in [3.63, 3.8) is 0 Å². The van der Waals surface area contributed by atoms with Crippen LogP contribution in [-0.2, 0) is 4.74 Å². The fraction of sp³-hybridized carbons (Fsp3) is 1.00. The first-order valence-corrected chi connectivity index (χ1v) is 5.21. The maximum atomic E-state index is 8.74. The van der Waals surface area contributed by atoms with Gasteiger partial charge in [0.25, 0.3) is 0 Å². The lowest BCUT2D eigenvalue weighted by Gasteiger charge is -2.23. The van der Waals surface area contributed by atoms with Gasteiger partial charge in [0.1, 0.15) is 0 Å². The van der Waals surface area contributed by atoms with Crippen molar-refractivity contribution in [1.29, 1.82) is 0 Å². The van der Waals surface area contributed by atoms with E-state index in [9.17, 15) is 0 Å². The molecule has 4 N–H and O–H groups in total. The van der Waals surface area contributed by atoms with E-state index in [4.69, 9.17) is 20.7 Å². The predicted molar refractivity (Wildman–Crippen MR) is 56.1 cm³/mol. The lowest BCUT2D eigenvalue weighted by atomic mass is 9.94. The fourth-order valence-electron chi connectivity index (χ4n) is 1.23. The van der Waals surface area contributed by atoms with Gasteiger partial charge in [-0.25, -0.2) is 0 Å². The minimum atomic E-state index is -0.283. The monoisotopic (exact) mass is 205 g/mol.